The summed E-state index contributed by atoms with van der Waals surface area (Å²) < 4.78 is 21.8. The van der Waals surface area contributed by atoms with Crippen LogP contribution >= 0.6 is 24.0 Å². The molecule has 1 aliphatic heterocycles. The highest BCUT2D eigenvalue weighted by Gasteiger charge is 2.14. The number of nitrogens with one attached hydrogen (secondary N) is 2. The van der Waals surface area contributed by atoms with Gasteiger partial charge in [0.1, 0.15) is 12.4 Å². The predicted octanol–water partition coefficient (Wildman–Crippen LogP) is 3.67. The van der Waals surface area contributed by atoms with E-state index < -0.39 is 0 Å². The van der Waals surface area contributed by atoms with Crippen molar-refractivity contribution in [1.82, 2.24) is 15.8 Å². The minimum absolute atomic E-state index is 0. The van der Waals surface area contributed by atoms with Crippen LogP contribution in [0.4, 0.5) is 0 Å². The van der Waals surface area contributed by atoms with Crippen LogP contribution in [0.2, 0.25) is 0 Å². The van der Waals surface area contributed by atoms with E-state index in [1.54, 1.807) is 7.05 Å². The summed E-state index contributed by atoms with van der Waals surface area (Å²) in [7, 11) is 1.73. The van der Waals surface area contributed by atoms with Crippen molar-refractivity contribution in [2.75, 3.05) is 27.0 Å². The molecular formula is C20H29IN4O4. The Balaban J connectivity index is 0.00000300. The van der Waals surface area contributed by atoms with Gasteiger partial charge in [-0.3, -0.25) is 4.99 Å². The Kier molecular flexibility index (Phi) is 9.36. The number of halogens is 1. The molecule has 9 heteroatoms. The van der Waals surface area contributed by atoms with Gasteiger partial charge in [0.2, 0.25) is 6.79 Å². The van der Waals surface area contributed by atoms with E-state index in [2.05, 4.69) is 34.6 Å². The number of hydrogen-bond acceptors (Lipinski definition) is 6. The summed E-state index contributed by atoms with van der Waals surface area (Å²) >= 11 is 0. The number of nitrogens with zero attached hydrogens (tertiary/aromatic N) is 2. The van der Waals surface area contributed by atoms with Crippen molar-refractivity contribution in [3.05, 3.63) is 35.7 Å². The van der Waals surface area contributed by atoms with Crippen molar-refractivity contribution in [3.63, 3.8) is 0 Å². The summed E-state index contributed by atoms with van der Waals surface area (Å²) in [4.78, 5) is 4.21. The van der Waals surface area contributed by atoms with Crippen LogP contribution in [-0.2, 0) is 6.54 Å². The van der Waals surface area contributed by atoms with Gasteiger partial charge in [-0.15, -0.1) is 24.0 Å². The number of guanidine groups is 1. The van der Waals surface area contributed by atoms with E-state index in [9.17, 15) is 0 Å². The van der Waals surface area contributed by atoms with Gasteiger partial charge in [0.15, 0.2) is 23.2 Å². The maximum Gasteiger partial charge on any atom is 0.231 e. The van der Waals surface area contributed by atoms with Crippen LogP contribution in [0.3, 0.4) is 0 Å². The molecule has 0 spiro atoms. The van der Waals surface area contributed by atoms with E-state index in [1.165, 1.54) is 0 Å². The topological polar surface area (TPSA) is 90.1 Å². The number of hydrogen-bond donors (Lipinski definition) is 2. The first-order valence-corrected chi connectivity index (χ1v) is 9.65. The molecule has 160 valence electrons. The highest BCUT2D eigenvalue weighted by molar-refractivity contribution is 14.0. The largest absolute Gasteiger partial charge is 0.492 e. The van der Waals surface area contributed by atoms with Crippen LogP contribution < -0.4 is 24.8 Å². The lowest BCUT2D eigenvalue weighted by Gasteiger charge is -2.11. The van der Waals surface area contributed by atoms with Crippen LogP contribution in [-0.4, -0.2) is 38.1 Å². The van der Waals surface area contributed by atoms with E-state index in [4.69, 9.17) is 18.7 Å². The van der Waals surface area contributed by atoms with Gasteiger partial charge >= 0.3 is 0 Å². The Morgan fingerprint density at radius 2 is 1.97 bits per heavy atom. The Morgan fingerprint density at radius 3 is 2.72 bits per heavy atom. The number of fused-ring (bicyclic) bond motifs is 1. The molecule has 2 aromatic rings. The third kappa shape index (κ3) is 6.41. The molecule has 0 amide bonds. The van der Waals surface area contributed by atoms with Crippen LogP contribution in [0.15, 0.2) is 33.8 Å². The third-order valence-electron chi connectivity index (χ3n) is 4.64. The second-order valence-electron chi connectivity index (χ2n) is 6.45. The molecule has 29 heavy (non-hydrogen) atoms. The molecule has 0 saturated heterocycles. The molecule has 0 aliphatic carbocycles. The molecule has 1 aromatic carbocycles. The first-order valence-electron chi connectivity index (χ1n) is 9.65. The Hall–Kier alpha value is -2.17. The highest BCUT2D eigenvalue weighted by atomic mass is 127. The van der Waals surface area contributed by atoms with E-state index in [0.29, 0.717) is 37.3 Å². The van der Waals surface area contributed by atoms with Crippen LogP contribution in [0.25, 0.3) is 0 Å². The van der Waals surface area contributed by atoms with Crippen molar-refractivity contribution < 1.29 is 18.7 Å². The third-order valence-corrected chi connectivity index (χ3v) is 4.64. The van der Waals surface area contributed by atoms with Crippen molar-refractivity contribution in [2.45, 2.75) is 39.2 Å². The second-order valence-corrected chi connectivity index (χ2v) is 6.45. The molecule has 0 fully saturated rings. The molecule has 0 unspecified atom stereocenters. The van der Waals surface area contributed by atoms with Crippen molar-refractivity contribution in [1.29, 1.82) is 0 Å². The fraction of sp³-hybridized carbons (Fsp3) is 0.500. The molecule has 0 radical (unpaired) electrons. The minimum Gasteiger partial charge on any atom is -0.492 e. The molecule has 0 saturated carbocycles. The quantitative estimate of drug-likeness (QED) is 0.228. The fourth-order valence-corrected chi connectivity index (χ4v) is 3.01. The standard InChI is InChI=1S/C20H28N4O4.HI/c1-4-14(5-2)17-10-16(28-24-17)12-23-20(21-3)22-8-9-25-15-6-7-18-19(11-15)27-13-26-18;/h6-7,10-11,14H,4-5,8-9,12-13H2,1-3H3,(H2,21,22,23);1H. The zero-order chi connectivity index (χ0) is 19.8. The average molecular weight is 516 g/mol. The van der Waals surface area contributed by atoms with Crippen molar-refractivity contribution in [2.24, 2.45) is 4.99 Å². The van der Waals surface area contributed by atoms with Gasteiger partial charge in [0.05, 0.1) is 18.8 Å². The smallest absolute Gasteiger partial charge is 0.231 e. The van der Waals surface area contributed by atoms with E-state index in [0.717, 1.165) is 35.8 Å². The van der Waals surface area contributed by atoms with E-state index in [1.807, 2.05) is 24.3 Å². The first-order chi connectivity index (χ1) is 13.7. The maximum atomic E-state index is 5.73. The molecule has 8 nitrogen and oxygen atoms in total. The SMILES string of the molecule is CCC(CC)c1cc(CNC(=NC)NCCOc2ccc3c(c2)OCO3)on1.I. The number of ether oxygens (including phenoxy) is 3. The normalized spacial score (nSPS) is 12.6. The zero-order valence-corrected chi connectivity index (χ0v) is 19.4. The predicted molar refractivity (Wildman–Crippen MR) is 122 cm³/mol. The van der Waals surface area contributed by atoms with Gasteiger partial charge in [0, 0.05) is 25.1 Å². The molecule has 3 rings (SSSR count). The monoisotopic (exact) mass is 516 g/mol. The number of rotatable bonds is 9. The Bertz CT molecular complexity index is 793. The van der Waals surface area contributed by atoms with Gasteiger partial charge in [-0.05, 0) is 25.0 Å². The first kappa shape index (κ1) is 23.1. The molecule has 1 aliphatic rings. The second kappa shape index (κ2) is 11.7. The molecule has 2 N–H and O–H groups in total. The molecular weight excluding hydrogens is 487 g/mol. The number of aromatic nitrogens is 1. The molecule has 2 heterocycles. The molecule has 1 aromatic heterocycles. The fourth-order valence-electron chi connectivity index (χ4n) is 3.01. The lowest BCUT2D eigenvalue weighted by atomic mass is 9.99. The van der Waals surface area contributed by atoms with Gasteiger partial charge < -0.3 is 29.4 Å². The van der Waals surface area contributed by atoms with Gasteiger partial charge in [-0.25, -0.2) is 0 Å². The number of benzene rings is 1. The van der Waals surface area contributed by atoms with Crippen LogP contribution in [0.1, 0.15) is 44.1 Å². The summed E-state index contributed by atoms with van der Waals surface area (Å²) in [5.41, 5.74) is 1.02. The van der Waals surface area contributed by atoms with Gasteiger partial charge in [-0.1, -0.05) is 19.0 Å². The lowest BCUT2D eigenvalue weighted by molar-refractivity contribution is 0.173. The Labute approximate surface area is 188 Å². The van der Waals surface area contributed by atoms with E-state index >= 15 is 0 Å². The highest BCUT2D eigenvalue weighted by Crippen LogP contribution is 2.34. The zero-order valence-electron chi connectivity index (χ0n) is 17.1. The summed E-state index contributed by atoms with van der Waals surface area (Å²) in [5, 5.41) is 10.6. The maximum absolute atomic E-state index is 5.73. The summed E-state index contributed by atoms with van der Waals surface area (Å²) in [6, 6.07) is 7.55. The Morgan fingerprint density at radius 1 is 1.17 bits per heavy atom. The van der Waals surface area contributed by atoms with Crippen molar-refractivity contribution in [3.8, 4) is 17.2 Å². The lowest BCUT2D eigenvalue weighted by Crippen LogP contribution is -2.38. The van der Waals surface area contributed by atoms with Crippen molar-refractivity contribution >= 4 is 29.9 Å². The van der Waals surface area contributed by atoms with Crippen LogP contribution in [0, 0.1) is 0 Å². The van der Waals surface area contributed by atoms with E-state index in [-0.39, 0.29) is 30.8 Å². The van der Waals surface area contributed by atoms with Gasteiger partial charge in [-0.2, -0.15) is 0 Å². The molecule has 0 bridgehead atoms. The summed E-state index contributed by atoms with van der Waals surface area (Å²) in [6.45, 7) is 6.20. The summed E-state index contributed by atoms with van der Waals surface area (Å²) in [6.07, 6.45) is 2.12. The average Bonchev–Trinajstić information content (AvgIpc) is 3.37. The minimum atomic E-state index is 0. The van der Waals surface area contributed by atoms with Crippen LogP contribution in [0.5, 0.6) is 17.2 Å². The number of aliphatic imine (C=N–C) groups is 1. The molecule has 0 atom stereocenters. The summed E-state index contributed by atoms with van der Waals surface area (Å²) in [5.74, 6) is 4.11. The van der Waals surface area contributed by atoms with Gasteiger partial charge in [0.25, 0.3) is 0 Å².